The van der Waals surface area contributed by atoms with Crippen LogP contribution in [0.4, 0.5) is 0 Å². The molecule has 1 rings (SSSR count). The Morgan fingerprint density at radius 3 is 2.33 bits per heavy atom. The van der Waals surface area contributed by atoms with Crippen LogP contribution in [0.1, 0.15) is 24.8 Å². The number of rotatable bonds is 5. The third kappa shape index (κ3) is 3.61. The minimum Gasteiger partial charge on any atom is -0.0811 e. The highest BCUT2D eigenvalue weighted by molar-refractivity contribution is 6.08. The van der Waals surface area contributed by atoms with E-state index in [1.165, 1.54) is 37.6 Å². The maximum absolute atomic E-state index is 2.25. The van der Waals surface area contributed by atoms with E-state index in [9.17, 15) is 0 Å². The zero-order chi connectivity index (χ0) is 8.65. The van der Waals surface area contributed by atoms with Gasteiger partial charge in [-0.15, -0.1) is 0 Å². The lowest BCUT2D eigenvalue weighted by Gasteiger charge is -1.99. The monoisotopic (exact) mass is 160 g/mol. The quantitative estimate of drug-likeness (QED) is 0.458. The molecule has 0 saturated carbocycles. The zero-order valence-corrected chi connectivity index (χ0v) is 7.92. The SMILES string of the molecule is BCCCCCc1ccccc1. The van der Waals surface area contributed by atoms with Crippen molar-refractivity contribution < 1.29 is 0 Å². The highest BCUT2D eigenvalue weighted by Crippen LogP contribution is 2.06. The van der Waals surface area contributed by atoms with Gasteiger partial charge in [-0.2, -0.15) is 0 Å². The Morgan fingerprint density at radius 1 is 0.917 bits per heavy atom. The molecule has 0 spiro atoms. The maximum Gasteiger partial charge on any atom is 0.101 e. The summed E-state index contributed by atoms with van der Waals surface area (Å²) in [5.74, 6) is 0. The maximum atomic E-state index is 2.25. The average molecular weight is 160 g/mol. The van der Waals surface area contributed by atoms with Crippen molar-refractivity contribution in [2.24, 2.45) is 0 Å². The van der Waals surface area contributed by atoms with Gasteiger partial charge in [-0.05, 0) is 18.4 Å². The van der Waals surface area contributed by atoms with Gasteiger partial charge in [0, 0.05) is 0 Å². The van der Waals surface area contributed by atoms with E-state index in [0.717, 1.165) is 0 Å². The minimum absolute atomic E-state index is 1.25. The number of hydrogen-bond donors (Lipinski definition) is 0. The molecule has 0 amide bonds. The van der Waals surface area contributed by atoms with Crippen molar-refractivity contribution >= 4 is 7.85 Å². The minimum atomic E-state index is 1.25. The molecular formula is C11H17B. The molecule has 0 saturated heterocycles. The molecule has 1 aromatic carbocycles. The third-order valence-corrected chi connectivity index (χ3v) is 2.16. The average Bonchev–Trinajstić information content (AvgIpc) is 2.14. The first kappa shape index (κ1) is 9.37. The van der Waals surface area contributed by atoms with Crippen molar-refractivity contribution in [3.8, 4) is 0 Å². The highest BCUT2D eigenvalue weighted by Gasteiger charge is 1.90. The first-order valence-corrected chi connectivity index (χ1v) is 4.97. The summed E-state index contributed by atoms with van der Waals surface area (Å²) in [4.78, 5) is 0. The molecule has 0 aliphatic rings. The van der Waals surface area contributed by atoms with Crippen molar-refractivity contribution in [3.63, 3.8) is 0 Å². The van der Waals surface area contributed by atoms with Gasteiger partial charge in [-0.25, -0.2) is 0 Å². The Hall–Kier alpha value is -0.715. The van der Waals surface area contributed by atoms with Crippen LogP contribution in [-0.4, -0.2) is 7.85 Å². The molecule has 0 aromatic heterocycles. The van der Waals surface area contributed by atoms with E-state index in [1.807, 2.05) is 0 Å². The molecule has 12 heavy (non-hydrogen) atoms. The summed E-state index contributed by atoms with van der Waals surface area (Å²) in [5.41, 5.74) is 1.48. The van der Waals surface area contributed by atoms with Gasteiger partial charge >= 0.3 is 0 Å². The van der Waals surface area contributed by atoms with E-state index in [0.29, 0.717) is 0 Å². The Balaban J connectivity index is 2.16. The summed E-state index contributed by atoms with van der Waals surface area (Å²) < 4.78 is 0. The van der Waals surface area contributed by atoms with Crippen molar-refractivity contribution in [2.45, 2.75) is 32.0 Å². The fourth-order valence-corrected chi connectivity index (χ4v) is 1.40. The number of unbranched alkanes of at least 4 members (excludes halogenated alkanes) is 2. The van der Waals surface area contributed by atoms with Crippen molar-refractivity contribution in [1.29, 1.82) is 0 Å². The van der Waals surface area contributed by atoms with Crippen LogP contribution in [0.25, 0.3) is 0 Å². The molecule has 0 unspecified atom stereocenters. The Morgan fingerprint density at radius 2 is 1.67 bits per heavy atom. The largest absolute Gasteiger partial charge is 0.101 e. The van der Waals surface area contributed by atoms with Crippen LogP contribution >= 0.6 is 0 Å². The van der Waals surface area contributed by atoms with Crippen molar-refractivity contribution in [2.75, 3.05) is 0 Å². The van der Waals surface area contributed by atoms with Gasteiger partial charge in [0.2, 0.25) is 0 Å². The fraction of sp³-hybridized carbons (Fsp3) is 0.455. The van der Waals surface area contributed by atoms with E-state index in [1.54, 1.807) is 0 Å². The molecule has 0 N–H and O–H groups in total. The van der Waals surface area contributed by atoms with Gasteiger partial charge in [-0.3, -0.25) is 0 Å². The van der Waals surface area contributed by atoms with Crippen LogP contribution in [0.3, 0.4) is 0 Å². The predicted octanol–water partition coefficient (Wildman–Crippen LogP) is 2.45. The van der Waals surface area contributed by atoms with Crippen LogP contribution < -0.4 is 0 Å². The van der Waals surface area contributed by atoms with Gasteiger partial charge in [-0.1, -0.05) is 49.5 Å². The van der Waals surface area contributed by atoms with Crippen LogP contribution in [0.2, 0.25) is 6.32 Å². The van der Waals surface area contributed by atoms with Gasteiger partial charge < -0.3 is 0 Å². The lowest BCUT2D eigenvalue weighted by atomic mass is 9.98. The second-order valence-electron chi connectivity index (χ2n) is 3.30. The van der Waals surface area contributed by atoms with E-state index in [4.69, 9.17) is 0 Å². The summed E-state index contributed by atoms with van der Waals surface area (Å²) in [6, 6.07) is 10.7. The van der Waals surface area contributed by atoms with Gasteiger partial charge in [0.25, 0.3) is 0 Å². The second-order valence-corrected chi connectivity index (χ2v) is 3.30. The van der Waals surface area contributed by atoms with E-state index in [-0.39, 0.29) is 0 Å². The van der Waals surface area contributed by atoms with E-state index < -0.39 is 0 Å². The molecule has 1 aromatic rings. The highest BCUT2D eigenvalue weighted by atomic mass is 14.0. The molecule has 0 nitrogen and oxygen atoms in total. The molecule has 0 radical (unpaired) electrons. The van der Waals surface area contributed by atoms with Gasteiger partial charge in [0.15, 0.2) is 0 Å². The Bertz CT molecular complexity index is 193. The molecule has 0 aliphatic heterocycles. The third-order valence-electron chi connectivity index (χ3n) is 2.16. The van der Waals surface area contributed by atoms with Gasteiger partial charge in [0.1, 0.15) is 7.85 Å². The lowest BCUT2D eigenvalue weighted by Crippen LogP contribution is -1.84. The summed E-state index contributed by atoms with van der Waals surface area (Å²) in [5, 5.41) is 0. The molecular weight excluding hydrogens is 143 g/mol. The molecule has 64 valence electrons. The predicted molar refractivity (Wildman–Crippen MR) is 57.3 cm³/mol. The van der Waals surface area contributed by atoms with E-state index >= 15 is 0 Å². The lowest BCUT2D eigenvalue weighted by molar-refractivity contribution is 0.717. The standard InChI is InChI=1S/C11H17B/c12-10-6-2-5-9-11-7-3-1-4-8-11/h1,3-4,7-8H,2,5-6,9-10,12H2. The fourth-order valence-electron chi connectivity index (χ4n) is 1.40. The van der Waals surface area contributed by atoms with Crippen LogP contribution in [-0.2, 0) is 6.42 Å². The molecule has 0 heterocycles. The number of benzene rings is 1. The topological polar surface area (TPSA) is 0 Å². The van der Waals surface area contributed by atoms with Crippen molar-refractivity contribution in [1.82, 2.24) is 0 Å². The first-order chi connectivity index (χ1) is 5.93. The normalized spacial score (nSPS) is 10.0. The number of hydrogen-bond acceptors (Lipinski definition) is 0. The molecule has 0 aliphatic carbocycles. The summed E-state index contributed by atoms with van der Waals surface area (Å²) in [6.07, 6.45) is 6.69. The van der Waals surface area contributed by atoms with E-state index in [2.05, 4.69) is 38.2 Å². The molecule has 0 bridgehead atoms. The molecule has 1 heteroatoms. The van der Waals surface area contributed by atoms with Crippen LogP contribution in [0, 0.1) is 0 Å². The van der Waals surface area contributed by atoms with Crippen LogP contribution in [0.5, 0.6) is 0 Å². The zero-order valence-electron chi connectivity index (χ0n) is 7.92. The smallest absolute Gasteiger partial charge is 0.0811 e. The van der Waals surface area contributed by atoms with Gasteiger partial charge in [0.05, 0.1) is 0 Å². The van der Waals surface area contributed by atoms with Crippen LogP contribution in [0.15, 0.2) is 30.3 Å². The summed E-state index contributed by atoms with van der Waals surface area (Å²) in [6.45, 7) is 0. The second kappa shape index (κ2) is 5.88. The Kier molecular flexibility index (Phi) is 4.59. The van der Waals surface area contributed by atoms with Crippen molar-refractivity contribution in [3.05, 3.63) is 35.9 Å². The summed E-state index contributed by atoms with van der Waals surface area (Å²) in [7, 11) is 2.25. The Labute approximate surface area is 76.4 Å². The first-order valence-electron chi connectivity index (χ1n) is 4.97. The number of aryl methyl sites for hydroxylation is 1. The molecule has 0 atom stereocenters. The molecule has 0 fully saturated rings. The summed E-state index contributed by atoms with van der Waals surface area (Å²) >= 11 is 0.